The van der Waals surface area contributed by atoms with Crippen LogP contribution in [0.25, 0.3) is 0 Å². The van der Waals surface area contributed by atoms with E-state index in [1.165, 1.54) is 24.9 Å². The van der Waals surface area contributed by atoms with Gasteiger partial charge in [0.05, 0.1) is 12.5 Å². The van der Waals surface area contributed by atoms with Gasteiger partial charge in [0.1, 0.15) is 5.75 Å². The molecule has 29 heavy (non-hydrogen) atoms. The van der Waals surface area contributed by atoms with Crippen LogP contribution in [0.15, 0.2) is 24.3 Å². The molecule has 1 aromatic rings. The average molecular weight is 397 g/mol. The minimum Gasteiger partial charge on any atom is -0.497 e. The second-order valence-electron chi connectivity index (χ2n) is 11.8. The Morgan fingerprint density at radius 3 is 1.72 bits per heavy atom. The molecule has 1 aliphatic heterocycles. The Morgan fingerprint density at radius 2 is 1.28 bits per heavy atom. The molecule has 1 amide bonds. The van der Waals surface area contributed by atoms with Gasteiger partial charge in [0.25, 0.3) is 0 Å². The maximum atomic E-state index is 13.9. The molecule has 0 spiro atoms. The number of hydrogen-bond donors (Lipinski definition) is 0. The molecule has 0 atom stereocenters. The monoisotopic (exact) mass is 396 g/mol. The Hall–Kier alpha value is -1.71. The molecule has 5 fully saturated rings. The lowest BCUT2D eigenvalue weighted by atomic mass is 9.36. The van der Waals surface area contributed by atoms with Crippen LogP contribution in [0.3, 0.4) is 0 Å². The Kier molecular flexibility index (Phi) is 4.09. The van der Waals surface area contributed by atoms with Crippen LogP contribution >= 0.6 is 0 Å². The van der Waals surface area contributed by atoms with Crippen molar-refractivity contribution in [2.45, 2.75) is 59.3 Å². The average Bonchev–Trinajstić information content (AvgIpc) is 2.64. The largest absolute Gasteiger partial charge is 0.497 e. The maximum Gasteiger partial charge on any atom is 0.228 e. The Bertz CT molecular complexity index is 755. The molecule has 6 rings (SSSR count). The molecule has 1 aromatic carbocycles. The van der Waals surface area contributed by atoms with E-state index in [1.807, 2.05) is 12.1 Å². The number of anilines is 1. The summed E-state index contributed by atoms with van der Waals surface area (Å²) in [5.41, 5.74) is 2.20. The standard InChI is InChI=1S/C25H36N2O2/c1-22-13-23(2)15-24(3,14-22)18-25(16-22,17-23)21(28)27-11-9-26(10-12-27)19-5-7-20(29-4)8-6-19/h5-8H,9-18H2,1-4H3. The summed E-state index contributed by atoms with van der Waals surface area (Å²) in [7, 11) is 1.70. The fraction of sp³-hybridized carbons (Fsp3) is 0.720. The van der Waals surface area contributed by atoms with E-state index in [-0.39, 0.29) is 5.41 Å². The summed E-state index contributed by atoms with van der Waals surface area (Å²) >= 11 is 0. The molecule has 4 aliphatic carbocycles. The molecule has 4 saturated carbocycles. The molecule has 4 bridgehead atoms. The normalized spacial score (nSPS) is 41.0. The number of nitrogens with zero attached hydrogens (tertiary/aromatic N) is 2. The van der Waals surface area contributed by atoms with Gasteiger partial charge in [-0.2, -0.15) is 0 Å². The van der Waals surface area contributed by atoms with Gasteiger partial charge in [-0.05, 0) is 79.0 Å². The van der Waals surface area contributed by atoms with Crippen LogP contribution in [0.1, 0.15) is 59.3 Å². The van der Waals surface area contributed by atoms with Crippen molar-refractivity contribution in [2.24, 2.45) is 21.7 Å². The van der Waals surface area contributed by atoms with Gasteiger partial charge < -0.3 is 14.5 Å². The van der Waals surface area contributed by atoms with Crippen LogP contribution in [0, 0.1) is 21.7 Å². The van der Waals surface area contributed by atoms with Crippen LogP contribution in [-0.2, 0) is 4.79 Å². The number of carbonyl (C=O) groups excluding carboxylic acids is 1. The fourth-order valence-corrected chi connectivity index (χ4v) is 8.81. The van der Waals surface area contributed by atoms with E-state index in [1.54, 1.807) is 7.11 Å². The van der Waals surface area contributed by atoms with Gasteiger partial charge in [-0.25, -0.2) is 0 Å². The lowest BCUT2D eigenvalue weighted by Gasteiger charge is -2.68. The number of hydrogen-bond acceptors (Lipinski definition) is 3. The second-order valence-corrected chi connectivity index (χ2v) is 11.8. The van der Waals surface area contributed by atoms with Crippen molar-refractivity contribution in [1.82, 2.24) is 4.90 Å². The molecule has 1 heterocycles. The van der Waals surface area contributed by atoms with Gasteiger partial charge in [0.15, 0.2) is 0 Å². The molecule has 0 aromatic heterocycles. The van der Waals surface area contributed by atoms with Crippen molar-refractivity contribution >= 4 is 11.6 Å². The molecule has 0 N–H and O–H groups in total. The minimum absolute atomic E-state index is 0.102. The zero-order valence-electron chi connectivity index (χ0n) is 18.6. The first kappa shape index (κ1) is 19.3. The predicted molar refractivity (Wildman–Crippen MR) is 116 cm³/mol. The van der Waals surface area contributed by atoms with Crippen molar-refractivity contribution in [1.29, 1.82) is 0 Å². The number of piperazine rings is 1. The van der Waals surface area contributed by atoms with Gasteiger partial charge in [-0.15, -0.1) is 0 Å². The smallest absolute Gasteiger partial charge is 0.228 e. The highest BCUT2D eigenvalue weighted by Gasteiger charge is 2.66. The first-order valence-electron chi connectivity index (χ1n) is 11.3. The van der Waals surface area contributed by atoms with E-state index in [2.05, 4.69) is 42.7 Å². The van der Waals surface area contributed by atoms with E-state index in [4.69, 9.17) is 4.74 Å². The highest BCUT2D eigenvalue weighted by Crippen LogP contribution is 2.73. The van der Waals surface area contributed by atoms with Crippen molar-refractivity contribution in [2.75, 3.05) is 38.2 Å². The van der Waals surface area contributed by atoms with Gasteiger partial charge in [-0.1, -0.05) is 20.8 Å². The molecule has 4 heteroatoms. The fourth-order valence-electron chi connectivity index (χ4n) is 8.81. The summed E-state index contributed by atoms with van der Waals surface area (Å²) in [6.07, 6.45) is 7.29. The summed E-state index contributed by atoms with van der Waals surface area (Å²) in [5, 5.41) is 0. The molecule has 4 nitrogen and oxygen atoms in total. The summed E-state index contributed by atoms with van der Waals surface area (Å²) in [4.78, 5) is 18.5. The quantitative estimate of drug-likeness (QED) is 0.740. The lowest BCUT2D eigenvalue weighted by molar-refractivity contribution is -0.199. The topological polar surface area (TPSA) is 32.8 Å². The lowest BCUT2D eigenvalue weighted by Crippen LogP contribution is -2.64. The third-order valence-corrected chi connectivity index (χ3v) is 8.31. The molecular formula is C25H36N2O2. The van der Waals surface area contributed by atoms with Crippen LogP contribution in [-0.4, -0.2) is 44.1 Å². The second kappa shape index (κ2) is 6.15. The molecule has 0 unspecified atom stereocenters. The predicted octanol–water partition coefficient (Wildman–Crippen LogP) is 4.73. The Labute approximate surface area is 175 Å². The number of carbonyl (C=O) groups is 1. The van der Waals surface area contributed by atoms with Gasteiger partial charge >= 0.3 is 0 Å². The maximum absolute atomic E-state index is 13.9. The summed E-state index contributed by atoms with van der Waals surface area (Å²) < 4.78 is 5.27. The third kappa shape index (κ3) is 3.14. The van der Waals surface area contributed by atoms with Crippen LogP contribution in [0.5, 0.6) is 5.75 Å². The van der Waals surface area contributed by atoms with E-state index in [9.17, 15) is 4.79 Å². The zero-order valence-corrected chi connectivity index (χ0v) is 18.6. The third-order valence-electron chi connectivity index (χ3n) is 8.31. The highest BCUT2D eigenvalue weighted by molar-refractivity contribution is 5.84. The van der Waals surface area contributed by atoms with Crippen molar-refractivity contribution in [3.8, 4) is 5.75 Å². The van der Waals surface area contributed by atoms with Gasteiger partial charge in [-0.3, -0.25) is 4.79 Å². The SMILES string of the molecule is COc1ccc(N2CCN(C(=O)C34CC5(C)CC(C)(CC(C)(C5)C3)C4)CC2)cc1. The molecule has 5 aliphatic rings. The number of ether oxygens (including phenoxy) is 1. The van der Waals surface area contributed by atoms with E-state index in [0.717, 1.165) is 51.2 Å². The Morgan fingerprint density at radius 1 is 0.793 bits per heavy atom. The number of amides is 1. The molecule has 158 valence electrons. The zero-order chi connectivity index (χ0) is 20.5. The van der Waals surface area contributed by atoms with Gasteiger partial charge in [0, 0.05) is 31.9 Å². The van der Waals surface area contributed by atoms with Crippen molar-refractivity contribution < 1.29 is 9.53 Å². The molecular weight excluding hydrogens is 360 g/mol. The Balaban J connectivity index is 1.31. The summed E-state index contributed by atoms with van der Waals surface area (Å²) in [6, 6.07) is 8.28. The van der Waals surface area contributed by atoms with E-state index < -0.39 is 0 Å². The van der Waals surface area contributed by atoms with Crippen LogP contribution in [0.4, 0.5) is 5.69 Å². The van der Waals surface area contributed by atoms with E-state index >= 15 is 0 Å². The van der Waals surface area contributed by atoms with Crippen molar-refractivity contribution in [3.63, 3.8) is 0 Å². The summed E-state index contributed by atoms with van der Waals surface area (Å²) in [6.45, 7) is 10.9. The molecule has 1 saturated heterocycles. The molecule has 0 radical (unpaired) electrons. The van der Waals surface area contributed by atoms with Crippen molar-refractivity contribution in [3.05, 3.63) is 24.3 Å². The minimum atomic E-state index is -0.102. The summed E-state index contributed by atoms with van der Waals surface area (Å²) in [5.74, 6) is 1.36. The number of rotatable bonds is 3. The first-order valence-corrected chi connectivity index (χ1v) is 11.3. The number of benzene rings is 1. The van der Waals surface area contributed by atoms with Crippen LogP contribution in [0.2, 0.25) is 0 Å². The van der Waals surface area contributed by atoms with Crippen LogP contribution < -0.4 is 9.64 Å². The van der Waals surface area contributed by atoms with Gasteiger partial charge in [0.2, 0.25) is 5.91 Å². The number of methoxy groups -OCH3 is 1. The first-order chi connectivity index (χ1) is 13.7. The van der Waals surface area contributed by atoms with E-state index in [0.29, 0.717) is 22.2 Å². The highest BCUT2D eigenvalue weighted by atomic mass is 16.5.